The molecule has 0 aliphatic carbocycles. The summed E-state index contributed by atoms with van der Waals surface area (Å²) in [7, 11) is 2.00. The second-order valence-corrected chi connectivity index (χ2v) is 13.6. The van der Waals surface area contributed by atoms with Gasteiger partial charge in [0.15, 0.2) is 23.3 Å². The van der Waals surface area contributed by atoms with Crippen LogP contribution in [0.15, 0.2) is 97.1 Å². The van der Waals surface area contributed by atoms with Crippen molar-refractivity contribution in [3.63, 3.8) is 0 Å². The normalized spacial score (nSPS) is 11.9. The molecule has 0 saturated heterocycles. The van der Waals surface area contributed by atoms with Crippen LogP contribution in [-0.4, -0.2) is 67.5 Å². The maximum absolute atomic E-state index is 5.02. The van der Waals surface area contributed by atoms with Gasteiger partial charge in [-0.15, -0.1) is 0 Å². The molecule has 12 heteroatoms. The number of fused-ring (bicyclic) bond motifs is 20. The predicted molar refractivity (Wildman–Crippen MR) is 183 cm³/mol. The summed E-state index contributed by atoms with van der Waals surface area (Å²) in [6, 6.07) is 32.2. The summed E-state index contributed by atoms with van der Waals surface area (Å²) in [6.45, 7) is 0. The predicted octanol–water partition coefficient (Wildman–Crippen LogP) is 4.80. The number of aromatic nitrogens is 8. The molecule has 5 heterocycles. The van der Waals surface area contributed by atoms with E-state index in [2.05, 4.69) is 14.4 Å². The van der Waals surface area contributed by atoms with E-state index >= 15 is 0 Å². The van der Waals surface area contributed by atoms with Crippen molar-refractivity contribution in [2.45, 2.75) is 0 Å². The molecule has 0 radical (unpaired) electrons. The van der Waals surface area contributed by atoms with E-state index in [1.165, 1.54) is 0 Å². The molecule has 10 nitrogen and oxygen atoms in total. The van der Waals surface area contributed by atoms with Crippen LogP contribution in [0.2, 0.25) is 0 Å². The minimum Gasteiger partial charge on any atom is -0.449 e. The van der Waals surface area contributed by atoms with Crippen molar-refractivity contribution in [2.24, 2.45) is 0 Å². The van der Waals surface area contributed by atoms with E-state index in [1.54, 1.807) is 7.11 Å². The van der Waals surface area contributed by atoms with Crippen LogP contribution in [0.25, 0.3) is 89.7 Å². The van der Waals surface area contributed by atoms with E-state index < -0.39 is 10.0 Å². The first-order valence-electron chi connectivity index (χ1n) is 14.4. The summed E-state index contributed by atoms with van der Waals surface area (Å²) in [4.78, 5) is 36.8. The average molecular weight is 623 g/mol. The molecule has 45 heavy (non-hydrogen) atoms. The smallest absolute Gasteiger partial charge is 0.293 e. The molecule has 0 atom stereocenters. The second-order valence-electron chi connectivity index (χ2n) is 10.5. The highest BCUT2D eigenvalue weighted by atomic mass is 28.3. The molecule has 3 aromatic heterocycles. The van der Waals surface area contributed by atoms with Gasteiger partial charge in [-0.2, -0.15) is 0 Å². The molecular formula is C33H26N8O2Si2. The molecule has 9 rings (SSSR count). The molecule has 0 fully saturated rings. The van der Waals surface area contributed by atoms with Gasteiger partial charge < -0.3 is 18.5 Å². The number of nitrogens with zero attached hydrogens (tertiary/aromatic N) is 6. The number of hydrogen-bond donors (Lipinski definition) is 2. The van der Waals surface area contributed by atoms with Crippen molar-refractivity contribution in [3.05, 3.63) is 97.1 Å². The van der Waals surface area contributed by atoms with E-state index in [-0.39, 0.29) is 0 Å². The highest BCUT2D eigenvalue weighted by molar-refractivity contribution is 6.27. The van der Waals surface area contributed by atoms with Crippen LogP contribution in [0.4, 0.5) is 0 Å². The first kappa shape index (κ1) is 27.2. The Hall–Kier alpha value is -5.41. The van der Waals surface area contributed by atoms with Crippen LogP contribution in [0.5, 0.6) is 0 Å². The molecule has 0 saturated carbocycles. The molecule has 0 spiro atoms. The number of aromatic amines is 2. The van der Waals surface area contributed by atoms with Crippen molar-refractivity contribution < 1.29 is 8.54 Å². The van der Waals surface area contributed by atoms with Gasteiger partial charge in [0.2, 0.25) is 0 Å². The first-order valence-corrected chi connectivity index (χ1v) is 16.4. The maximum atomic E-state index is 5.02. The van der Waals surface area contributed by atoms with Crippen LogP contribution >= 0.6 is 0 Å². The third kappa shape index (κ3) is 4.72. The number of rotatable bonds is 2. The van der Waals surface area contributed by atoms with E-state index in [9.17, 15) is 0 Å². The minimum atomic E-state index is -0.506. The lowest BCUT2D eigenvalue weighted by Gasteiger charge is -1.96. The van der Waals surface area contributed by atoms with Crippen molar-refractivity contribution in [2.75, 3.05) is 7.11 Å². The summed E-state index contributed by atoms with van der Waals surface area (Å²) in [5, 5.41) is 3.82. The van der Waals surface area contributed by atoms with Gasteiger partial charge in [0.05, 0.1) is 0 Å². The molecule has 2 N–H and O–H groups in total. The molecule has 218 valence electrons. The number of H-pyrrole nitrogens is 2. The Morgan fingerprint density at radius 1 is 0.467 bits per heavy atom. The van der Waals surface area contributed by atoms with E-state index in [1.807, 2.05) is 97.1 Å². The van der Waals surface area contributed by atoms with Crippen molar-refractivity contribution in [1.82, 2.24) is 39.9 Å². The van der Waals surface area contributed by atoms with Gasteiger partial charge in [0.1, 0.15) is 33.1 Å². The molecular weight excluding hydrogens is 597 g/mol. The lowest BCUT2D eigenvalue weighted by Crippen LogP contribution is -1.95. The Bertz CT molecular complexity index is 2100. The summed E-state index contributed by atoms with van der Waals surface area (Å²) in [5.41, 5.74) is 6.45. The molecule has 2 aliphatic rings. The highest BCUT2D eigenvalue weighted by Crippen LogP contribution is 2.36. The SMILES string of the molecule is CO[SiH2]O[SiH3].c1ccc2c(c1)-c1nc-2nc2[nH]c(nc3nc(nc4[nH]c(n1)c1ccccc41)-c1ccccc1-3)c1ccccc21. The van der Waals surface area contributed by atoms with Gasteiger partial charge in [-0.1, -0.05) is 97.1 Å². The Labute approximate surface area is 262 Å². The summed E-state index contributed by atoms with van der Waals surface area (Å²) >= 11 is 0. The van der Waals surface area contributed by atoms with E-state index in [4.69, 9.17) is 34.0 Å². The molecule has 8 bridgehead atoms. The standard InChI is InChI=1S/C32H18N8.CH8O2Si2/c1-2-10-18-17(9-1)25-33-26(18)38-28-21-13-5-6-14-22(21)30(35-28)40-32-24-16-8-7-15-23(24)31(36-32)39-29-20-12-4-3-11-19(20)27(34-29)37-25;1-2-5-3-4/h1-16H,(H2,33,34,35,36,37,38,39,40);5H2,1,4H3. The fraction of sp³-hybridized carbons (Fsp3) is 0.0303. The van der Waals surface area contributed by atoms with Crippen molar-refractivity contribution in [3.8, 4) is 45.6 Å². The molecule has 2 aliphatic heterocycles. The third-order valence-corrected chi connectivity index (χ3v) is 8.87. The Kier molecular flexibility index (Phi) is 6.80. The quantitative estimate of drug-likeness (QED) is 0.263. The molecule has 0 amide bonds. The summed E-state index contributed by atoms with van der Waals surface area (Å²) < 4.78 is 9.39. The van der Waals surface area contributed by atoms with Gasteiger partial charge in [0.25, 0.3) is 10.0 Å². The van der Waals surface area contributed by atoms with Gasteiger partial charge >= 0.3 is 0 Å². The summed E-state index contributed by atoms with van der Waals surface area (Å²) in [5.74, 6) is 2.39. The third-order valence-electron chi connectivity index (χ3n) is 7.70. The fourth-order valence-corrected chi connectivity index (χ4v) is 6.65. The number of benzene rings is 4. The Balaban J connectivity index is 0.000000560. The molecule has 7 aromatic rings. The van der Waals surface area contributed by atoms with Crippen LogP contribution < -0.4 is 0 Å². The van der Waals surface area contributed by atoms with Crippen molar-refractivity contribution >= 4 is 64.6 Å². The zero-order valence-corrected chi connectivity index (χ0v) is 27.9. The van der Waals surface area contributed by atoms with Crippen LogP contribution in [-0.2, 0) is 8.54 Å². The largest absolute Gasteiger partial charge is 0.449 e. The van der Waals surface area contributed by atoms with Gasteiger partial charge in [-0.3, -0.25) is 0 Å². The molecule has 0 unspecified atom stereocenters. The van der Waals surface area contributed by atoms with Crippen LogP contribution in [0, 0.1) is 0 Å². The lowest BCUT2D eigenvalue weighted by molar-refractivity contribution is 0.376. The van der Waals surface area contributed by atoms with E-state index in [0.717, 1.165) is 54.3 Å². The average Bonchev–Trinajstić information content (AvgIpc) is 3.81. The minimum absolute atomic E-state index is 0.506. The van der Waals surface area contributed by atoms with Crippen LogP contribution in [0.1, 0.15) is 0 Å². The van der Waals surface area contributed by atoms with Gasteiger partial charge in [0, 0.05) is 50.9 Å². The number of hydrogen-bond acceptors (Lipinski definition) is 8. The van der Waals surface area contributed by atoms with Crippen molar-refractivity contribution in [1.29, 1.82) is 0 Å². The number of nitrogens with one attached hydrogen (secondary N) is 2. The van der Waals surface area contributed by atoms with Crippen LogP contribution in [0.3, 0.4) is 0 Å². The zero-order chi connectivity index (χ0) is 30.3. The van der Waals surface area contributed by atoms with Gasteiger partial charge in [-0.05, 0) is 0 Å². The monoisotopic (exact) mass is 622 g/mol. The maximum Gasteiger partial charge on any atom is 0.293 e. The Morgan fingerprint density at radius 2 is 0.756 bits per heavy atom. The topological polar surface area (TPSA) is 127 Å². The zero-order valence-electron chi connectivity index (χ0n) is 24.4. The van der Waals surface area contributed by atoms with E-state index in [0.29, 0.717) is 45.9 Å². The first-order chi connectivity index (χ1) is 22.2. The summed E-state index contributed by atoms with van der Waals surface area (Å²) in [6.07, 6.45) is 0. The fourth-order valence-electron chi connectivity index (χ4n) is 5.71. The lowest BCUT2D eigenvalue weighted by atomic mass is 10.1. The second kappa shape index (κ2) is 11.3. The highest BCUT2D eigenvalue weighted by Gasteiger charge is 2.21. The Morgan fingerprint density at radius 3 is 1.00 bits per heavy atom. The molecule has 4 aromatic carbocycles. The van der Waals surface area contributed by atoms with Gasteiger partial charge in [-0.25, -0.2) is 29.9 Å².